The summed E-state index contributed by atoms with van der Waals surface area (Å²) in [7, 11) is 0. The summed E-state index contributed by atoms with van der Waals surface area (Å²) in [6.07, 6.45) is 0.686. The third kappa shape index (κ3) is 3.28. The molecule has 0 aliphatic rings. The Hall–Kier alpha value is -1.82. The first kappa shape index (κ1) is 10.3. The van der Waals surface area contributed by atoms with Crippen LogP contribution in [0.2, 0.25) is 0 Å². The molecule has 0 heterocycles. The van der Waals surface area contributed by atoms with E-state index in [1.165, 1.54) is 6.92 Å². The zero-order chi connectivity index (χ0) is 10.4. The molecule has 0 atom stereocenters. The summed E-state index contributed by atoms with van der Waals surface area (Å²) in [4.78, 5) is 10.5. The van der Waals surface area contributed by atoms with E-state index in [9.17, 15) is 4.79 Å². The molecule has 0 saturated heterocycles. The molecular weight excluding hydrogens is 178 g/mol. The van der Waals surface area contributed by atoms with E-state index < -0.39 is 0 Å². The summed E-state index contributed by atoms with van der Waals surface area (Å²) in [6, 6.07) is 9.28. The SMILES string of the molecule is CC(=O)OCCc1ccc(C#N)cc1. The lowest BCUT2D eigenvalue weighted by Crippen LogP contribution is -2.03. The Morgan fingerprint density at radius 1 is 1.43 bits per heavy atom. The maximum absolute atomic E-state index is 10.5. The number of rotatable bonds is 3. The third-order valence-electron chi connectivity index (χ3n) is 1.78. The van der Waals surface area contributed by atoms with Gasteiger partial charge in [-0.1, -0.05) is 12.1 Å². The van der Waals surface area contributed by atoms with Gasteiger partial charge in [0.25, 0.3) is 0 Å². The van der Waals surface area contributed by atoms with Gasteiger partial charge in [-0.25, -0.2) is 0 Å². The lowest BCUT2D eigenvalue weighted by molar-refractivity contribution is -0.140. The summed E-state index contributed by atoms with van der Waals surface area (Å²) in [5.41, 5.74) is 1.70. The molecule has 0 aliphatic heterocycles. The monoisotopic (exact) mass is 189 g/mol. The van der Waals surface area contributed by atoms with Gasteiger partial charge in [0.05, 0.1) is 18.2 Å². The van der Waals surface area contributed by atoms with Gasteiger partial charge in [-0.15, -0.1) is 0 Å². The first-order valence-corrected chi connectivity index (χ1v) is 4.35. The first-order valence-electron chi connectivity index (χ1n) is 4.35. The highest BCUT2D eigenvalue weighted by Crippen LogP contribution is 2.04. The van der Waals surface area contributed by atoms with Crippen LogP contribution >= 0.6 is 0 Å². The highest BCUT2D eigenvalue weighted by molar-refractivity contribution is 5.65. The van der Waals surface area contributed by atoms with Crippen LogP contribution in [-0.2, 0) is 16.0 Å². The molecule has 0 N–H and O–H groups in total. The normalized spacial score (nSPS) is 9.14. The molecule has 72 valence electrons. The molecule has 0 fully saturated rings. The largest absolute Gasteiger partial charge is 0.466 e. The highest BCUT2D eigenvalue weighted by atomic mass is 16.5. The van der Waals surface area contributed by atoms with Crippen molar-refractivity contribution in [2.75, 3.05) is 6.61 Å². The first-order chi connectivity index (χ1) is 6.72. The van der Waals surface area contributed by atoms with Crippen LogP contribution < -0.4 is 0 Å². The molecule has 0 radical (unpaired) electrons. The van der Waals surface area contributed by atoms with Crippen LogP contribution in [0.3, 0.4) is 0 Å². The number of nitrogens with zero attached hydrogens (tertiary/aromatic N) is 1. The summed E-state index contributed by atoms with van der Waals surface area (Å²) in [5.74, 6) is -0.265. The van der Waals surface area contributed by atoms with Crippen molar-refractivity contribution in [3.63, 3.8) is 0 Å². The fourth-order valence-corrected chi connectivity index (χ4v) is 1.06. The predicted octanol–water partition coefficient (Wildman–Crippen LogP) is 1.66. The van der Waals surface area contributed by atoms with Gasteiger partial charge in [-0.3, -0.25) is 4.79 Å². The van der Waals surface area contributed by atoms with E-state index in [1.807, 2.05) is 18.2 Å². The predicted molar refractivity (Wildman–Crippen MR) is 51.5 cm³/mol. The fraction of sp³-hybridized carbons (Fsp3) is 0.273. The van der Waals surface area contributed by atoms with Crippen LogP contribution in [0, 0.1) is 11.3 Å². The Bertz CT molecular complexity index is 349. The Kier molecular flexibility index (Phi) is 3.69. The quantitative estimate of drug-likeness (QED) is 0.679. The van der Waals surface area contributed by atoms with Gasteiger partial charge in [0.1, 0.15) is 0 Å². The number of carbonyl (C=O) groups excluding carboxylic acids is 1. The Balaban J connectivity index is 2.45. The van der Waals surface area contributed by atoms with Crippen LogP contribution in [0.15, 0.2) is 24.3 Å². The summed E-state index contributed by atoms with van der Waals surface area (Å²) >= 11 is 0. The molecule has 0 amide bonds. The maximum atomic E-state index is 10.5. The van der Waals surface area contributed by atoms with Gasteiger partial charge in [-0.05, 0) is 17.7 Å². The smallest absolute Gasteiger partial charge is 0.302 e. The summed E-state index contributed by atoms with van der Waals surface area (Å²) in [6.45, 7) is 1.78. The zero-order valence-electron chi connectivity index (χ0n) is 7.99. The second-order valence-electron chi connectivity index (χ2n) is 2.90. The molecular formula is C11H11NO2. The molecule has 1 aromatic rings. The minimum Gasteiger partial charge on any atom is -0.466 e. The number of ether oxygens (including phenoxy) is 1. The number of hydrogen-bond acceptors (Lipinski definition) is 3. The number of nitriles is 1. The summed E-state index contributed by atoms with van der Waals surface area (Å²) < 4.78 is 4.80. The van der Waals surface area contributed by atoms with Gasteiger partial charge >= 0.3 is 5.97 Å². The van der Waals surface area contributed by atoms with Crippen molar-refractivity contribution in [1.29, 1.82) is 5.26 Å². The third-order valence-corrected chi connectivity index (χ3v) is 1.78. The van der Waals surface area contributed by atoms with E-state index in [0.717, 1.165) is 5.56 Å². The minimum absolute atomic E-state index is 0.265. The van der Waals surface area contributed by atoms with Gasteiger partial charge in [-0.2, -0.15) is 5.26 Å². The Morgan fingerprint density at radius 3 is 2.57 bits per heavy atom. The molecule has 0 spiro atoms. The summed E-state index contributed by atoms with van der Waals surface area (Å²) in [5, 5.41) is 8.56. The van der Waals surface area contributed by atoms with Crippen molar-refractivity contribution in [2.45, 2.75) is 13.3 Å². The Morgan fingerprint density at radius 2 is 2.07 bits per heavy atom. The van der Waals surface area contributed by atoms with Crippen molar-refractivity contribution < 1.29 is 9.53 Å². The molecule has 1 rings (SSSR count). The van der Waals surface area contributed by atoms with E-state index in [0.29, 0.717) is 18.6 Å². The van der Waals surface area contributed by atoms with Crippen LogP contribution in [0.1, 0.15) is 18.1 Å². The molecule has 3 nitrogen and oxygen atoms in total. The van der Waals surface area contributed by atoms with Crippen molar-refractivity contribution in [3.05, 3.63) is 35.4 Å². The zero-order valence-corrected chi connectivity index (χ0v) is 7.99. The average Bonchev–Trinajstić information content (AvgIpc) is 2.18. The number of carbonyl (C=O) groups is 1. The number of benzene rings is 1. The number of esters is 1. The maximum Gasteiger partial charge on any atom is 0.302 e. The van der Waals surface area contributed by atoms with Gasteiger partial charge in [0.15, 0.2) is 0 Å². The second-order valence-corrected chi connectivity index (χ2v) is 2.90. The van der Waals surface area contributed by atoms with Crippen molar-refractivity contribution in [3.8, 4) is 6.07 Å². The topological polar surface area (TPSA) is 50.1 Å². The van der Waals surface area contributed by atoms with Crippen LogP contribution in [0.4, 0.5) is 0 Å². The lowest BCUT2D eigenvalue weighted by Gasteiger charge is -2.01. The van der Waals surface area contributed by atoms with E-state index in [4.69, 9.17) is 10.00 Å². The molecule has 0 aromatic heterocycles. The van der Waals surface area contributed by atoms with Crippen LogP contribution in [-0.4, -0.2) is 12.6 Å². The van der Waals surface area contributed by atoms with E-state index in [1.54, 1.807) is 12.1 Å². The number of hydrogen-bond donors (Lipinski definition) is 0. The van der Waals surface area contributed by atoms with Crippen molar-refractivity contribution >= 4 is 5.97 Å². The highest BCUT2D eigenvalue weighted by Gasteiger charge is 1.96. The molecule has 1 aromatic carbocycles. The van der Waals surface area contributed by atoms with Crippen molar-refractivity contribution in [2.24, 2.45) is 0 Å². The molecule has 0 bridgehead atoms. The van der Waals surface area contributed by atoms with Crippen LogP contribution in [0.25, 0.3) is 0 Å². The van der Waals surface area contributed by atoms with Gasteiger partial charge < -0.3 is 4.74 Å². The van der Waals surface area contributed by atoms with E-state index >= 15 is 0 Å². The minimum atomic E-state index is -0.265. The molecule has 14 heavy (non-hydrogen) atoms. The Labute approximate surface area is 82.9 Å². The molecule has 0 aliphatic carbocycles. The fourth-order valence-electron chi connectivity index (χ4n) is 1.06. The molecule has 3 heteroatoms. The van der Waals surface area contributed by atoms with Gasteiger partial charge in [0.2, 0.25) is 0 Å². The van der Waals surface area contributed by atoms with Crippen molar-refractivity contribution in [1.82, 2.24) is 0 Å². The average molecular weight is 189 g/mol. The standard InChI is InChI=1S/C11H11NO2/c1-9(13)14-7-6-10-2-4-11(8-12)5-3-10/h2-5H,6-7H2,1H3. The van der Waals surface area contributed by atoms with E-state index in [2.05, 4.69) is 0 Å². The second kappa shape index (κ2) is 5.03. The lowest BCUT2D eigenvalue weighted by atomic mass is 10.1. The van der Waals surface area contributed by atoms with Gasteiger partial charge in [0, 0.05) is 13.3 Å². The molecule has 0 unspecified atom stereocenters. The van der Waals surface area contributed by atoms with Crippen LogP contribution in [0.5, 0.6) is 0 Å². The van der Waals surface area contributed by atoms with E-state index in [-0.39, 0.29) is 5.97 Å². The molecule has 0 saturated carbocycles.